The number of benzene rings is 1. The number of carbonyl (C=O) groups is 1. The molecule has 0 saturated heterocycles. The fraction of sp³-hybridized carbons (Fsp3) is 0.294. The maximum absolute atomic E-state index is 12.4. The largest absolute Gasteiger partial charge is 0.494 e. The molecule has 0 spiro atoms. The number of tetrazole rings is 1. The quantitative estimate of drug-likeness (QED) is 0.607. The Bertz CT molecular complexity index is 832. The number of hydrogen-bond donors (Lipinski definition) is 1. The summed E-state index contributed by atoms with van der Waals surface area (Å²) in [7, 11) is 0. The lowest BCUT2D eigenvalue weighted by molar-refractivity contribution is -0.115. The first-order valence-electron chi connectivity index (χ1n) is 8.14. The molecule has 8 nitrogen and oxygen atoms in total. The molecule has 0 saturated carbocycles. The highest BCUT2D eigenvalue weighted by molar-refractivity contribution is 8.00. The van der Waals surface area contributed by atoms with Crippen molar-refractivity contribution in [2.24, 2.45) is 0 Å². The second-order valence-corrected chi connectivity index (χ2v) is 6.71. The summed E-state index contributed by atoms with van der Waals surface area (Å²) in [6.07, 6.45) is 1.60. The third-order valence-electron chi connectivity index (χ3n) is 3.47. The number of amides is 1. The fourth-order valence-corrected chi connectivity index (χ4v) is 2.98. The lowest BCUT2D eigenvalue weighted by Gasteiger charge is -2.12. The predicted octanol–water partition coefficient (Wildman–Crippen LogP) is 2.83. The number of nitrogens with zero attached hydrogens (tertiary/aromatic N) is 4. The number of anilines is 1. The number of thioether (sulfide) groups is 1. The average molecular weight is 373 g/mol. The third kappa shape index (κ3) is 4.63. The number of furan rings is 1. The van der Waals surface area contributed by atoms with Gasteiger partial charge in [-0.3, -0.25) is 4.79 Å². The van der Waals surface area contributed by atoms with Gasteiger partial charge in [0.05, 0.1) is 18.1 Å². The first-order valence-corrected chi connectivity index (χ1v) is 9.02. The molecule has 3 aromatic rings. The summed E-state index contributed by atoms with van der Waals surface area (Å²) in [5.41, 5.74) is 0.709. The molecule has 9 heteroatoms. The molecule has 0 bridgehead atoms. The normalized spacial score (nSPS) is 11.9. The van der Waals surface area contributed by atoms with Crippen molar-refractivity contribution < 1.29 is 13.9 Å². The van der Waals surface area contributed by atoms with E-state index in [1.807, 2.05) is 25.1 Å². The summed E-state index contributed by atoms with van der Waals surface area (Å²) in [5, 5.41) is 14.7. The second kappa shape index (κ2) is 8.52. The Hall–Kier alpha value is -2.81. The van der Waals surface area contributed by atoms with Crippen LogP contribution in [0.5, 0.6) is 5.75 Å². The van der Waals surface area contributed by atoms with E-state index in [4.69, 9.17) is 9.15 Å². The maximum Gasteiger partial charge on any atom is 0.237 e. The van der Waals surface area contributed by atoms with Crippen molar-refractivity contribution in [1.29, 1.82) is 0 Å². The van der Waals surface area contributed by atoms with E-state index >= 15 is 0 Å². The first-order chi connectivity index (χ1) is 12.7. The van der Waals surface area contributed by atoms with Crippen LogP contribution >= 0.6 is 11.8 Å². The zero-order chi connectivity index (χ0) is 18.4. The van der Waals surface area contributed by atoms with Crippen molar-refractivity contribution in [1.82, 2.24) is 20.2 Å². The van der Waals surface area contributed by atoms with Crippen molar-refractivity contribution in [3.8, 4) is 5.75 Å². The van der Waals surface area contributed by atoms with E-state index in [-0.39, 0.29) is 11.2 Å². The van der Waals surface area contributed by atoms with Crippen LogP contribution in [-0.4, -0.2) is 38.0 Å². The zero-order valence-corrected chi connectivity index (χ0v) is 15.3. The molecule has 136 valence electrons. The zero-order valence-electron chi connectivity index (χ0n) is 14.5. The highest BCUT2D eigenvalue weighted by atomic mass is 32.2. The summed E-state index contributed by atoms with van der Waals surface area (Å²) in [5.74, 6) is 1.38. The standard InChI is InChI=1S/C17H19N5O3S/c1-3-24-14-8-6-13(7-9-14)18-16(23)12(2)26-17-19-20-21-22(17)11-15-5-4-10-25-15/h4-10,12H,3,11H2,1-2H3,(H,18,23). The van der Waals surface area contributed by atoms with E-state index in [1.54, 1.807) is 36.1 Å². The number of carbonyl (C=O) groups excluding carboxylic acids is 1. The molecule has 0 aliphatic carbocycles. The highest BCUT2D eigenvalue weighted by Gasteiger charge is 2.19. The van der Waals surface area contributed by atoms with Crippen molar-refractivity contribution >= 4 is 23.4 Å². The van der Waals surface area contributed by atoms with Gasteiger partial charge < -0.3 is 14.5 Å². The molecular formula is C17H19N5O3S. The molecule has 0 aliphatic heterocycles. The van der Waals surface area contributed by atoms with Crippen molar-refractivity contribution in [2.45, 2.75) is 30.8 Å². The van der Waals surface area contributed by atoms with Crippen LogP contribution in [0.1, 0.15) is 19.6 Å². The van der Waals surface area contributed by atoms with Gasteiger partial charge in [-0.2, -0.15) is 0 Å². The Balaban J connectivity index is 1.58. The van der Waals surface area contributed by atoms with Gasteiger partial charge in [-0.05, 0) is 60.7 Å². The van der Waals surface area contributed by atoms with Crippen LogP contribution in [0.15, 0.2) is 52.2 Å². The van der Waals surface area contributed by atoms with Crippen LogP contribution in [0.4, 0.5) is 5.69 Å². The van der Waals surface area contributed by atoms with E-state index in [0.717, 1.165) is 11.5 Å². The van der Waals surface area contributed by atoms with Crippen molar-refractivity contribution in [2.75, 3.05) is 11.9 Å². The molecule has 2 aromatic heterocycles. The van der Waals surface area contributed by atoms with Crippen LogP contribution < -0.4 is 10.1 Å². The summed E-state index contributed by atoms with van der Waals surface area (Å²) in [6.45, 7) is 4.75. The number of hydrogen-bond acceptors (Lipinski definition) is 7. The molecule has 3 rings (SSSR count). The predicted molar refractivity (Wildman–Crippen MR) is 97.2 cm³/mol. The molecule has 1 amide bonds. The van der Waals surface area contributed by atoms with Gasteiger partial charge in [-0.25, -0.2) is 4.68 Å². The van der Waals surface area contributed by atoms with Crippen LogP contribution in [-0.2, 0) is 11.3 Å². The minimum atomic E-state index is -0.372. The smallest absolute Gasteiger partial charge is 0.237 e. The van der Waals surface area contributed by atoms with Gasteiger partial charge in [0.2, 0.25) is 11.1 Å². The third-order valence-corrected chi connectivity index (χ3v) is 4.54. The second-order valence-electron chi connectivity index (χ2n) is 5.41. The van der Waals surface area contributed by atoms with Gasteiger partial charge in [-0.15, -0.1) is 5.10 Å². The molecule has 1 aromatic carbocycles. The Morgan fingerprint density at radius 1 is 1.35 bits per heavy atom. The lowest BCUT2D eigenvalue weighted by Crippen LogP contribution is -2.23. The molecular weight excluding hydrogens is 354 g/mol. The van der Waals surface area contributed by atoms with Crippen molar-refractivity contribution in [3.63, 3.8) is 0 Å². The number of rotatable bonds is 8. The Morgan fingerprint density at radius 2 is 2.15 bits per heavy atom. The van der Waals surface area contributed by atoms with Crippen LogP contribution in [0, 0.1) is 0 Å². The molecule has 26 heavy (non-hydrogen) atoms. The Kier molecular flexibility index (Phi) is 5.90. The van der Waals surface area contributed by atoms with Gasteiger partial charge in [-0.1, -0.05) is 11.8 Å². The topological polar surface area (TPSA) is 95.1 Å². The van der Waals surface area contributed by atoms with E-state index in [2.05, 4.69) is 20.8 Å². The first kappa shape index (κ1) is 18.0. The van der Waals surface area contributed by atoms with Gasteiger partial charge >= 0.3 is 0 Å². The molecule has 0 fully saturated rings. The van der Waals surface area contributed by atoms with Gasteiger partial charge in [0, 0.05) is 5.69 Å². The molecule has 1 atom stereocenters. The van der Waals surface area contributed by atoms with Gasteiger partial charge in [0.25, 0.3) is 0 Å². The minimum absolute atomic E-state index is 0.133. The fourth-order valence-electron chi connectivity index (χ4n) is 2.19. The molecule has 2 heterocycles. The van der Waals surface area contributed by atoms with Gasteiger partial charge in [0.15, 0.2) is 0 Å². The van der Waals surface area contributed by atoms with Crippen LogP contribution in [0.25, 0.3) is 0 Å². The molecule has 1 N–H and O–H groups in total. The molecule has 1 unspecified atom stereocenters. The van der Waals surface area contributed by atoms with Crippen molar-refractivity contribution in [3.05, 3.63) is 48.4 Å². The van der Waals surface area contributed by atoms with Crippen LogP contribution in [0.3, 0.4) is 0 Å². The summed E-state index contributed by atoms with van der Waals surface area (Å²) in [4.78, 5) is 12.4. The Labute approximate surface area is 154 Å². The summed E-state index contributed by atoms with van der Waals surface area (Å²) >= 11 is 1.29. The molecule has 0 radical (unpaired) electrons. The SMILES string of the molecule is CCOc1ccc(NC(=O)C(C)Sc2nnnn2Cc2ccco2)cc1. The van der Waals surface area contributed by atoms with Gasteiger partial charge in [0.1, 0.15) is 18.1 Å². The number of nitrogens with one attached hydrogen (secondary N) is 1. The molecule has 0 aliphatic rings. The van der Waals surface area contributed by atoms with E-state index < -0.39 is 0 Å². The lowest BCUT2D eigenvalue weighted by atomic mass is 10.3. The van der Waals surface area contributed by atoms with E-state index in [1.165, 1.54) is 11.8 Å². The average Bonchev–Trinajstić information content (AvgIpc) is 3.30. The Morgan fingerprint density at radius 3 is 2.85 bits per heavy atom. The number of aromatic nitrogens is 4. The van der Waals surface area contributed by atoms with E-state index in [9.17, 15) is 4.79 Å². The maximum atomic E-state index is 12.4. The monoisotopic (exact) mass is 373 g/mol. The highest BCUT2D eigenvalue weighted by Crippen LogP contribution is 2.23. The summed E-state index contributed by atoms with van der Waals surface area (Å²) in [6, 6.07) is 10.9. The summed E-state index contributed by atoms with van der Waals surface area (Å²) < 4.78 is 12.3. The van der Waals surface area contributed by atoms with E-state index in [0.29, 0.717) is 24.0 Å². The number of ether oxygens (including phenoxy) is 1. The van der Waals surface area contributed by atoms with Crippen LogP contribution in [0.2, 0.25) is 0 Å². The minimum Gasteiger partial charge on any atom is -0.494 e.